The van der Waals surface area contributed by atoms with Crippen LogP contribution in [0.1, 0.15) is 11.5 Å². The molecule has 3 rings (SSSR count). The zero-order chi connectivity index (χ0) is 16.4. The Morgan fingerprint density at radius 2 is 1.91 bits per heavy atom. The van der Waals surface area contributed by atoms with E-state index in [9.17, 15) is 9.90 Å². The minimum absolute atomic E-state index is 0.0159. The first-order valence-electron chi connectivity index (χ1n) is 6.85. The van der Waals surface area contributed by atoms with Crippen LogP contribution < -0.4 is 5.73 Å². The molecule has 0 radical (unpaired) electrons. The van der Waals surface area contributed by atoms with Crippen molar-refractivity contribution in [1.29, 1.82) is 0 Å². The molecule has 0 aliphatic rings. The second-order valence-electron chi connectivity index (χ2n) is 5.04. The quantitative estimate of drug-likeness (QED) is 0.506. The molecule has 0 saturated heterocycles. The molecule has 1 heterocycles. The van der Waals surface area contributed by atoms with Crippen molar-refractivity contribution in [2.24, 2.45) is 0 Å². The summed E-state index contributed by atoms with van der Waals surface area (Å²) in [7, 11) is 0. The van der Waals surface area contributed by atoms with Crippen LogP contribution in [-0.4, -0.2) is 16.1 Å². The van der Waals surface area contributed by atoms with Gasteiger partial charge in [-0.3, -0.25) is 0 Å². The Kier molecular flexibility index (Phi) is 3.83. The lowest BCUT2D eigenvalue weighted by atomic mass is 9.97. The van der Waals surface area contributed by atoms with Crippen LogP contribution in [0.2, 0.25) is 0 Å². The first kappa shape index (κ1) is 15.2. The average Bonchev–Trinajstić information content (AvgIpc) is 3.05. The van der Waals surface area contributed by atoms with Crippen LogP contribution in [0.25, 0.3) is 11.3 Å². The van der Waals surface area contributed by atoms with Crippen molar-refractivity contribution in [3.8, 4) is 11.3 Å². The molecule has 0 aliphatic carbocycles. The highest BCUT2D eigenvalue weighted by atomic mass is 32.1. The summed E-state index contributed by atoms with van der Waals surface area (Å²) in [5.41, 5.74) is 7.95. The summed E-state index contributed by atoms with van der Waals surface area (Å²) in [5, 5.41) is 9.69. The first-order valence-corrected chi connectivity index (χ1v) is 7.29. The van der Waals surface area contributed by atoms with Crippen LogP contribution in [0.15, 0.2) is 65.3 Å². The minimum atomic E-state index is -1.72. The largest absolute Gasteiger partial charge is 0.480 e. The lowest BCUT2D eigenvalue weighted by Crippen LogP contribution is -2.31. The van der Waals surface area contributed by atoms with Crippen molar-refractivity contribution in [3.63, 3.8) is 0 Å². The minimum Gasteiger partial charge on any atom is -0.480 e. The van der Waals surface area contributed by atoms with Gasteiger partial charge in [0.15, 0.2) is 0 Å². The third-order valence-corrected chi connectivity index (χ3v) is 4.14. The average molecular weight is 326 g/mol. The van der Waals surface area contributed by atoms with Gasteiger partial charge in [0.1, 0.15) is 12.0 Å². The fraction of sp³-hybridized carbons (Fsp3) is 0.0588. The van der Waals surface area contributed by atoms with Gasteiger partial charge in [0.25, 0.3) is 0 Å². The zero-order valence-corrected chi connectivity index (χ0v) is 12.9. The molecule has 116 valence electrons. The Labute approximate surface area is 138 Å². The number of hydrogen-bond donors (Lipinski definition) is 3. The van der Waals surface area contributed by atoms with Crippen LogP contribution in [0.3, 0.4) is 0 Å². The second-order valence-corrected chi connectivity index (χ2v) is 5.72. The SMILES string of the molecule is Nc1cccc(C(S)(C(=O)O)c2nc(-c3ccccc3)co2)c1. The molecule has 2 aromatic carbocycles. The van der Waals surface area contributed by atoms with Crippen molar-refractivity contribution >= 4 is 24.3 Å². The molecule has 3 N–H and O–H groups in total. The van der Waals surface area contributed by atoms with Crippen molar-refractivity contribution in [1.82, 2.24) is 4.98 Å². The van der Waals surface area contributed by atoms with E-state index in [0.717, 1.165) is 5.56 Å². The maximum Gasteiger partial charge on any atom is 0.333 e. The number of anilines is 1. The molecule has 3 aromatic rings. The highest BCUT2D eigenvalue weighted by Gasteiger charge is 2.43. The molecule has 0 amide bonds. The topological polar surface area (TPSA) is 89.4 Å². The number of thiol groups is 1. The molecule has 0 saturated carbocycles. The molecule has 0 fully saturated rings. The van der Waals surface area contributed by atoms with E-state index in [1.807, 2.05) is 30.3 Å². The van der Waals surface area contributed by atoms with E-state index >= 15 is 0 Å². The zero-order valence-electron chi connectivity index (χ0n) is 12.0. The smallest absolute Gasteiger partial charge is 0.333 e. The van der Waals surface area contributed by atoms with Gasteiger partial charge in [-0.2, -0.15) is 0 Å². The van der Waals surface area contributed by atoms with E-state index < -0.39 is 10.7 Å². The van der Waals surface area contributed by atoms with E-state index in [1.165, 1.54) is 6.26 Å². The van der Waals surface area contributed by atoms with Gasteiger partial charge in [-0.25, -0.2) is 9.78 Å². The molecule has 1 atom stereocenters. The van der Waals surface area contributed by atoms with Crippen molar-refractivity contribution in [2.75, 3.05) is 5.73 Å². The molecule has 0 spiro atoms. The number of carboxylic acids is 1. The van der Waals surface area contributed by atoms with Crippen molar-refractivity contribution < 1.29 is 14.3 Å². The number of rotatable bonds is 4. The number of nitrogens with zero attached hydrogens (tertiary/aromatic N) is 1. The lowest BCUT2D eigenvalue weighted by molar-refractivity contribution is -0.139. The number of benzene rings is 2. The number of oxazole rings is 1. The predicted molar refractivity (Wildman–Crippen MR) is 90.2 cm³/mol. The van der Waals surface area contributed by atoms with Crippen LogP contribution in [-0.2, 0) is 9.54 Å². The third kappa shape index (κ3) is 2.68. The van der Waals surface area contributed by atoms with Crippen molar-refractivity contribution in [2.45, 2.75) is 4.75 Å². The van der Waals surface area contributed by atoms with E-state index in [0.29, 0.717) is 16.9 Å². The molecule has 5 nitrogen and oxygen atoms in total. The van der Waals surface area contributed by atoms with Gasteiger partial charge in [0, 0.05) is 11.3 Å². The molecular formula is C17H14N2O3S. The highest BCUT2D eigenvalue weighted by molar-refractivity contribution is 7.82. The number of nitrogens with two attached hydrogens (primary N) is 1. The fourth-order valence-electron chi connectivity index (χ4n) is 2.28. The summed E-state index contributed by atoms with van der Waals surface area (Å²) >= 11 is 4.35. The molecule has 23 heavy (non-hydrogen) atoms. The maximum absolute atomic E-state index is 11.9. The summed E-state index contributed by atoms with van der Waals surface area (Å²) in [5.74, 6) is -1.20. The van der Waals surface area contributed by atoms with E-state index in [2.05, 4.69) is 17.6 Å². The van der Waals surface area contributed by atoms with Gasteiger partial charge in [-0.15, -0.1) is 12.6 Å². The van der Waals surface area contributed by atoms with Gasteiger partial charge >= 0.3 is 5.97 Å². The molecule has 1 aromatic heterocycles. The Bertz CT molecular complexity index is 848. The number of hydrogen-bond acceptors (Lipinski definition) is 5. The number of aromatic nitrogens is 1. The summed E-state index contributed by atoms with van der Waals surface area (Å²) in [6.45, 7) is 0. The van der Waals surface area contributed by atoms with Gasteiger partial charge in [0.05, 0.1) is 0 Å². The normalized spacial score (nSPS) is 13.4. The summed E-state index contributed by atoms with van der Waals surface area (Å²) < 4.78 is 3.71. The summed E-state index contributed by atoms with van der Waals surface area (Å²) in [6, 6.07) is 15.9. The Morgan fingerprint density at radius 1 is 1.17 bits per heavy atom. The van der Waals surface area contributed by atoms with Gasteiger partial charge < -0.3 is 15.3 Å². The maximum atomic E-state index is 11.9. The Morgan fingerprint density at radius 3 is 2.57 bits per heavy atom. The monoisotopic (exact) mass is 326 g/mol. The standard InChI is InChI=1S/C17H14N2O3S/c18-13-8-4-7-12(9-13)17(23,16(20)21)15-19-14(10-22-15)11-5-2-1-3-6-11/h1-10,23H,18H2,(H,20,21). The van der Waals surface area contributed by atoms with Gasteiger partial charge in [-0.05, 0) is 17.7 Å². The van der Waals surface area contributed by atoms with E-state index in [4.69, 9.17) is 10.2 Å². The van der Waals surface area contributed by atoms with Crippen molar-refractivity contribution in [3.05, 3.63) is 72.3 Å². The van der Waals surface area contributed by atoms with Crippen LogP contribution in [0, 0.1) is 0 Å². The molecular weight excluding hydrogens is 312 g/mol. The fourth-order valence-corrected chi connectivity index (χ4v) is 2.53. The summed E-state index contributed by atoms with van der Waals surface area (Å²) in [4.78, 5) is 16.2. The highest BCUT2D eigenvalue weighted by Crippen LogP contribution is 2.37. The molecule has 0 bridgehead atoms. The first-order chi connectivity index (χ1) is 11.0. The Hall–Kier alpha value is -2.73. The third-order valence-electron chi connectivity index (χ3n) is 3.50. The lowest BCUT2D eigenvalue weighted by Gasteiger charge is -2.20. The van der Waals surface area contributed by atoms with Gasteiger partial charge in [-0.1, -0.05) is 42.5 Å². The summed E-state index contributed by atoms with van der Waals surface area (Å²) in [6.07, 6.45) is 1.42. The molecule has 1 unspecified atom stereocenters. The number of carboxylic acid groups (broad SMARTS) is 1. The number of nitrogen functional groups attached to an aromatic ring is 1. The second kappa shape index (κ2) is 5.81. The van der Waals surface area contributed by atoms with E-state index in [1.54, 1.807) is 24.3 Å². The van der Waals surface area contributed by atoms with Crippen LogP contribution in [0.5, 0.6) is 0 Å². The molecule has 6 heteroatoms. The predicted octanol–water partition coefficient (Wildman–Crippen LogP) is 3.18. The number of carbonyl (C=O) groups is 1. The molecule has 0 aliphatic heterocycles. The number of aliphatic carboxylic acids is 1. The Balaban J connectivity index is 2.10. The van der Waals surface area contributed by atoms with Crippen LogP contribution in [0.4, 0.5) is 5.69 Å². The van der Waals surface area contributed by atoms with Gasteiger partial charge in [0.2, 0.25) is 10.6 Å². The van der Waals surface area contributed by atoms with Crippen LogP contribution >= 0.6 is 12.6 Å². The van der Waals surface area contributed by atoms with E-state index in [-0.39, 0.29) is 5.89 Å².